The van der Waals surface area contributed by atoms with Crippen LogP contribution in [0.2, 0.25) is 0 Å². The smallest absolute Gasteiger partial charge is 0.231 e. The average molecular weight is 491 g/mol. The van der Waals surface area contributed by atoms with Crippen molar-refractivity contribution in [2.24, 2.45) is 26.4 Å². The summed E-state index contributed by atoms with van der Waals surface area (Å²) in [4.78, 5) is 9.38. The SMILES string of the molecule is CCN(CC)c1ccc(N=Nc2ccc(N=Nc3nc4sc(CCC(C)C)cc4s3)cc2)cc1. The first-order valence-corrected chi connectivity index (χ1v) is 13.3. The standard InChI is InChI=1S/C26H30N6S2/c1-5-32(6-2)22-14-12-21(13-15-22)29-28-19-8-10-20(11-9-19)30-31-26-27-25-24(34-26)17-23(33-25)16-7-18(3)4/h8-15,17-18H,5-7,16H2,1-4H3. The molecule has 0 saturated heterocycles. The molecule has 0 fully saturated rings. The second-order valence-corrected chi connectivity index (χ2v) is 10.5. The van der Waals surface area contributed by atoms with Crippen molar-refractivity contribution in [3.63, 3.8) is 0 Å². The van der Waals surface area contributed by atoms with Crippen LogP contribution in [0.15, 0.2) is 75.1 Å². The predicted molar refractivity (Wildman–Crippen MR) is 145 cm³/mol. The molecular weight excluding hydrogens is 460 g/mol. The molecule has 0 spiro atoms. The van der Waals surface area contributed by atoms with Gasteiger partial charge in [-0.2, -0.15) is 10.2 Å². The van der Waals surface area contributed by atoms with Crippen molar-refractivity contribution < 1.29 is 0 Å². The maximum atomic E-state index is 4.62. The summed E-state index contributed by atoms with van der Waals surface area (Å²) in [7, 11) is 0. The van der Waals surface area contributed by atoms with E-state index in [1.165, 1.54) is 21.7 Å². The zero-order valence-electron chi connectivity index (χ0n) is 20.1. The van der Waals surface area contributed by atoms with Gasteiger partial charge in [0.2, 0.25) is 5.13 Å². The number of aryl methyl sites for hydroxylation is 1. The Balaban J connectivity index is 1.35. The highest BCUT2D eigenvalue weighted by Crippen LogP contribution is 2.35. The highest BCUT2D eigenvalue weighted by Gasteiger charge is 2.09. The van der Waals surface area contributed by atoms with Gasteiger partial charge in [0.05, 0.1) is 21.8 Å². The average Bonchev–Trinajstić information content (AvgIpc) is 3.41. The van der Waals surface area contributed by atoms with Gasteiger partial charge in [0.15, 0.2) is 0 Å². The Morgan fingerprint density at radius 1 is 0.794 bits per heavy atom. The molecule has 0 saturated carbocycles. The van der Waals surface area contributed by atoms with Gasteiger partial charge in [0.1, 0.15) is 4.83 Å². The predicted octanol–water partition coefficient (Wildman–Crippen LogP) is 9.62. The molecule has 0 bridgehead atoms. The molecule has 0 amide bonds. The van der Waals surface area contributed by atoms with Crippen LogP contribution in [-0.2, 0) is 6.42 Å². The van der Waals surface area contributed by atoms with Crippen LogP contribution in [0, 0.1) is 5.92 Å². The molecule has 0 N–H and O–H groups in total. The van der Waals surface area contributed by atoms with Crippen molar-refractivity contribution >= 4 is 60.1 Å². The van der Waals surface area contributed by atoms with E-state index in [1.54, 1.807) is 22.7 Å². The van der Waals surface area contributed by atoms with Gasteiger partial charge in [-0.25, -0.2) is 4.98 Å². The Morgan fingerprint density at radius 2 is 1.35 bits per heavy atom. The summed E-state index contributed by atoms with van der Waals surface area (Å²) in [5.74, 6) is 0.717. The lowest BCUT2D eigenvalue weighted by atomic mass is 10.1. The first kappa shape index (κ1) is 24.2. The van der Waals surface area contributed by atoms with E-state index in [2.05, 4.69) is 76.2 Å². The Hall–Kier alpha value is -2.97. The number of azo groups is 2. The number of hydrogen-bond acceptors (Lipinski definition) is 8. The maximum Gasteiger partial charge on any atom is 0.231 e. The van der Waals surface area contributed by atoms with E-state index in [9.17, 15) is 0 Å². The normalized spacial score (nSPS) is 12.0. The van der Waals surface area contributed by atoms with E-state index in [4.69, 9.17) is 0 Å². The molecular formula is C26H30N6S2. The van der Waals surface area contributed by atoms with Crippen LogP contribution in [0.3, 0.4) is 0 Å². The van der Waals surface area contributed by atoms with Crippen LogP contribution >= 0.6 is 22.7 Å². The van der Waals surface area contributed by atoms with Crippen LogP contribution in [0.5, 0.6) is 0 Å². The van der Waals surface area contributed by atoms with Gasteiger partial charge in [-0.1, -0.05) is 25.2 Å². The third kappa shape index (κ3) is 6.33. The molecule has 2 aromatic carbocycles. The molecule has 0 aliphatic carbocycles. The highest BCUT2D eigenvalue weighted by atomic mass is 32.1. The molecule has 2 heterocycles. The number of fused-ring (bicyclic) bond motifs is 1. The van der Waals surface area contributed by atoms with Crippen LogP contribution in [-0.4, -0.2) is 18.1 Å². The molecule has 4 aromatic rings. The lowest BCUT2D eigenvalue weighted by molar-refractivity contribution is 0.590. The Labute approximate surface area is 209 Å². The topological polar surface area (TPSA) is 65.6 Å². The fourth-order valence-electron chi connectivity index (χ4n) is 3.49. The van der Waals surface area contributed by atoms with Crippen LogP contribution in [0.1, 0.15) is 39.0 Å². The van der Waals surface area contributed by atoms with Crippen molar-refractivity contribution in [3.8, 4) is 0 Å². The van der Waals surface area contributed by atoms with Gasteiger partial charge >= 0.3 is 0 Å². The Morgan fingerprint density at radius 3 is 1.88 bits per heavy atom. The second-order valence-electron chi connectivity index (χ2n) is 8.42. The minimum Gasteiger partial charge on any atom is -0.372 e. The van der Waals surface area contributed by atoms with E-state index in [0.29, 0.717) is 5.13 Å². The molecule has 0 aliphatic heterocycles. The number of thiophene rings is 1. The van der Waals surface area contributed by atoms with Gasteiger partial charge in [-0.05, 0) is 87.2 Å². The number of nitrogens with zero attached hydrogens (tertiary/aromatic N) is 6. The Kier molecular flexibility index (Phi) is 8.13. The Bertz CT molecular complexity index is 1220. The molecule has 0 radical (unpaired) electrons. The number of rotatable bonds is 10. The second kappa shape index (κ2) is 11.4. The van der Waals surface area contributed by atoms with Gasteiger partial charge in [-0.3, -0.25) is 0 Å². The van der Waals surface area contributed by atoms with Crippen molar-refractivity contribution in [1.82, 2.24) is 4.98 Å². The molecule has 4 rings (SSSR count). The molecule has 0 atom stereocenters. The number of aromatic nitrogens is 1. The number of anilines is 1. The largest absolute Gasteiger partial charge is 0.372 e. The fourth-order valence-corrected chi connectivity index (χ4v) is 5.56. The van der Waals surface area contributed by atoms with Crippen molar-refractivity contribution in [2.45, 2.75) is 40.5 Å². The molecule has 34 heavy (non-hydrogen) atoms. The third-order valence-corrected chi connectivity index (χ3v) is 7.56. The fraction of sp³-hybridized carbons (Fsp3) is 0.346. The molecule has 2 aromatic heterocycles. The summed E-state index contributed by atoms with van der Waals surface area (Å²) in [6.45, 7) is 10.8. The van der Waals surface area contributed by atoms with Gasteiger partial charge in [-0.15, -0.1) is 21.6 Å². The summed E-state index contributed by atoms with van der Waals surface area (Å²) in [5, 5.41) is 18.0. The van der Waals surface area contributed by atoms with Gasteiger partial charge < -0.3 is 4.90 Å². The quantitative estimate of drug-likeness (QED) is 0.208. The molecule has 0 aliphatic rings. The van der Waals surface area contributed by atoms with E-state index < -0.39 is 0 Å². The lowest BCUT2D eigenvalue weighted by Gasteiger charge is -2.20. The van der Waals surface area contributed by atoms with Crippen LogP contribution in [0.25, 0.3) is 9.53 Å². The van der Waals surface area contributed by atoms with Crippen molar-refractivity contribution in [2.75, 3.05) is 18.0 Å². The number of hydrogen-bond donors (Lipinski definition) is 0. The van der Waals surface area contributed by atoms with E-state index >= 15 is 0 Å². The summed E-state index contributed by atoms with van der Waals surface area (Å²) < 4.78 is 1.19. The van der Waals surface area contributed by atoms with Crippen LogP contribution < -0.4 is 4.90 Å². The van der Waals surface area contributed by atoms with E-state index in [1.807, 2.05) is 36.4 Å². The van der Waals surface area contributed by atoms with E-state index in [-0.39, 0.29) is 0 Å². The summed E-state index contributed by atoms with van der Waals surface area (Å²) in [6.07, 6.45) is 2.33. The maximum absolute atomic E-state index is 4.62. The minimum atomic E-state index is 0.689. The summed E-state index contributed by atoms with van der Waals surface area (Å²) >= 11 is 3.35. The monoisotopic (exact) mass is 490 g/mol. The first-order chi connectivity index (χ1) is 16.5. The first-order valence-electron chi connectivity index (χ1n) is 11.7. The zero-order valence-corrected chi connectivity index (χ0v) is 21.7. The molecule has 8 heteroatoms. The molecule has 6 nitrogen and oxygen atoms in total. The number of thiazole rings is 1. The van der Waals surface area contributed by atoms with Gasteiger partial charge in [0.25, 0.3) is 0 Å². The molecule has 176 valence electrons. The van der Waals surface area contributed by atoms with Crippen LogP contribution in [0.4, 0.5) is 27.9 Å². The third-order valence-electron chi connectivity index (χ3n) is 5.46. The summed E-state index contributed by atoms with van der Waals surface area (Å²) in [5.41, 5.74) is 3.57. The van der Waals surface area contributed by atoms with Crippen molar-refractivity contribution in [3.05, 3.63) is 59.5 Å². The highest BCUT2D eigenvalue weighted by molar-refractivity contribution is 7.28. The number of benzene rings is 2. The zero-order chi connectivity index (χ0) is 23.9. The lowest BCUT2D eigenvalue weighted by Crippen LogP contribution is -2.21. The van der Waals surface area contributed by atoms with Gasteiger partial charge in [0, 0.05) is 23.7 Å². The molecule has 0 unspecified atom stereocenters. The van der Waals surface area contributed by atoms with E-state index in [0.717, 1.165) is 47.3 Å². The summed E-state index contributed by atoms with van der Waals surface area (Å²) in [6, 6.07) is 18.0. The minimum absolute atomic E-state index is 0.689. The van der Waals surface area contributed by atoms with Crippen molar-refractivity contribution in [1.29, 1.82) is 0 Å².